The Hall–Kier alpha value is -3.66. The van der Waals surface area contributed by atoms with Gasteiger partial charge in [0.15, 0.2) is 5.79 Å². The quantitative estimate of drug-likeness (QED) is 0.0398. The standard InChI is InChI=1S/C57H78O7/c1-5-6-7-8-9-10-11-12-13-14-15-28-37-51-53(64-57(3,4)63-51)45(2)38-39-50-54(59-41-47-31-22-17-23-32-47)56(61-43-49-35-26-19-27-36-49)55(60-42-48-33-24-18-25-34-48)52(62-50)44-58-40-46-29-20-16-21-30-46/h16-27,29-36,38-39,45,50-56H,5-15,28,37,40-44H2,1-4H3/b39-38+/t45-,50-,51+,52?,53-,54?,55-,56?/m0/s1. The highest BCUT2D eigenvalue weighted by Crippen LogP contribution is 2.37. The van der Waals surface area contributed by atoms with E-state index in [4.69, 9.17) is 33.2 Å². The van der Waals surface area contributed by atoms with Gasteiger partial charge in [-0.1, -0.05) is 224 Å². The lowest BCUT2D eigenvalue weighted by atomic mass is 9.91. The molecule has 2 saturated heterocycles. The van der Waals surface area contributed by atoms with Gasteiger partial charge in [0.2, 0.25) is 0 Å². The Labute approximate surface area is 386 Å². The van der Waals surface area contributed by atoms with Crippen LogP contribution in [0.25, 0.3) is 0 Å². The van der Waals surface area contributed by atoms with E-state index < -0.39 is 36.3 Å². The summed E-state index contributed by atoms with van der Waals surface area (Å²) in [6.45, 7) is 10.6. The highest BCUT2D eigenvalue weighted by atomic mass is 16.8. The van der Waals surface area contributed by atoms with Gasteiger partial charge in [0, 0.05) is 5.92 Å². The number of unbranched alkanes of at least 4 members (excludes halogenated alkanes) is 11. The van der Waals surface area contributed by atoms with Crippen molar-refractivity contribution in [2.24, 2.45) is 5.92 Å². The molecule has 2 fully saturated rings. The monoisotopic (exact) mass is 875 g/mol. The summed E-state index contributed by atoms with van der Waals surface area (Å²) in [6.07, 6.45) is 19.0. The number of rotatable bonds is 29. The first-order chi connectivity index (χ1) is 31.4. The molecule has 4 aromatic carbocycles. The van der Waals surface area contributed by atoms with Crippen LogP contribution in [0.15, 0.2) is 133 Å². The van der Waals surface area contributed by atoms with Gasteiger partial charge in [0.25, 0.3) is 0 Å². The predicted octanol–water partition coefficient (Wildman–Crippen LogP) is 13.5. The second kappa shape index (κ2) is 27.7. The second-order valence-corrected chi connectivity index (χ2v) is 18.5. The SMILES string of the molecule is CCCCCCCCCCCCCC[C@H]1OC(C)(C)O[C@H]1[C@@H](C)/C=C/[C@@H]1OC(COCc2ccccc2)[C@H](OCc2ccccc2)C(OCc2ccccc2)C1OCc1ccccc1. The molecule has 8 atom stereocenters. The first-order valence-corrected chi connectivity index (χ1v) is 24.7. The molecule has 0 radical (unpaired) electrons. The third-order valence-electron chi connectivity index (χ3n) is 12.6. The smallest absolute Gasteiger partial charge is 0.163 e. The van der Waals surface area contributed by atoms with Crippen molar-refractivity contribution in [2.75, 3.05) is 6.61 Å². The average Bonchev–Trinajstić information content (AvgIpc) is 3.64. The maximum absolute atomic E-state index is 7.12. The minimum Gasteiger partial charge on any atom is -0.374 e. The lowest BCUT2D eigenvalue weighted by Crippen LogP contribution is -2.60. The zero-order valence-corrected chi connectivity index (χ0v) is 39.4. The van der Waals surface area contributed by atoms with Gasteiger partial charge in [0.1, 0.15) is 30.5 Å². The van der Waals surface area contributed by atoms with E-state index in [1.165, 1.54) is 70.6 Å². The zero-order valence-electron chi connectivity index (χ0n) is 39.4. The van der Waals surface area contributed by atoms with Crippen molar-refractivity contribution in [1.29, 1.82) is 0 Å². The normalized spacial score (nSPS) is 23.7. The summed E-state index contributed by atoms with van der Waals surface area (Å²) in [5, 5.41) is 0. The van der Waals surface area contributed by atoms with Crippen LogP contribution < -0.4 is 0 Å². The predicted molar refractivity (Wildman–Crippen MR) is 258 cm³/mol. The molecule has 7 nitrogen and oxygen atoms in total. The van der Waals surface area contributed by atoms with Crippen LogP contribution >= 0.6 is 0 Å². The summed E-state index contributed by atoms with van der Waals surface area (Å²) in [6, 6.07) is 41.1. The van der Waals surface area contributed by atoms with Crippen molar-refractivity contribution in [1.82, 2.24) is 0 Å². The number of ether oxygens (including phenoxy) is 7. The van der Waals surface area contributed by atoms with Crippen molar-refractivity contribution in [3.63, 3.8) is 0 Å². The van der Waals surface area contributed by atoms with E-state index in [0.29, 0.717) is 33.0 Å². The maximum Gasteiger partial charge on any atom is 0.163 e. The van der Waals surface area contributed by atoms with Gasteiger partial charge in [0.05, 0.1) is 45.2 Å². The molecule has 0 spiro atoms. The van der Waals surface area contributed by atoms with Crippen LogP contribution in [-0.4, -0.2) is 55.1 Å². The summed E-state index contributed by atoms with van der Waals surface area (Å²) in [4.78, 5) is 0. The van der Waals surface area contributed by atoms with Crippen molar-refractivity contribution < 1.29 is 33.2 Å². The van der Waals surface area contributed by atoms with Crippen LogP contribution in [0.5, 0.6) is 0 Å². The van der Waals surface area contributed by atoms with Crippen LogP contribution in [0.4, 0.5) is 0 Å². The average molecular weight is 875 g/mol. The molecule has 348 valence electrons. The Morgan fingerprint density at radius 1 is 0.516 bits per heavy atom. The van der Waals surface area contributed by atoms with Gasteiger partial charge in [-0.25, -0.2) is 0 Å². The summed E-state index contributed by atoms with van der Waals surface area (Å²) in [5.41, 5.74) is 4.34. The third-order valence-corrected chi connectivity index (χ3v) is 12.6. The Morgan fingerprint density at radius 2 is 0.953 bits per heavy atom. The van der Waals surface area contributed by atoms with Gasteiger partial charge in [-0.15, -0.1) is 0 Å². The molecule has 2 aliphatic rings. The van der Waals surface area contributed by atoms with E-state index in [9.17, 15) is 0 Å². The van der Waals surface area contributed by atoms with E-state index in [1.807, 2.05) is 86.6 Å². The van der Waals surface area contributed by atoms with Crippen LogP contribution in [-0.2, 0) is 59.6 Å². The highest BCUT2D eigenvalue weighted by molar-refractivity contribution is 5.17. The maximum atomic E-state index is 7.12. The summed E-state index contributed by atoms with van der Waals surface area (Å²) >= 11 is 0. The van der Waals surface area contributed by atoms with Crippen LogP contribution in [0, 0.1) is 5.92 Å². The Bertz CT molecular complexity index is 1820. The molecule has 2 heterocycles. The van der Waals surface area contributed by atoms with Crippen LogP contribution in [0.2, 0.25) is 0 Å². The van der Waals surface area contributed by atoms with Crippen LogP contribution in [0.1, 0.15) is 133 Å². The van der Waals surface area contributed by atoms with E-state index >= 15 is 0 Å². The van der Waals surface area contributed by atoms with Crippen molar-refractivity contribution in [3.05, 3.63) is 156 Å². The van der Waals surface area contributed by atoms with E-state index in [1.54, 1.807) is 0 Å². The second-order valence-electron chi connectivity index (χ2n) is 18.5. The summed E-state index contributed by atoms with van der Waals surface area (Å²) in [5.74, 6) is -0.580. The first-order valence-electron chi connectivity index (χ1n) is 24.7. The fourth-order valence-corrected chi connectivity index (χ4v) is 9.09. The molecular weight excluding hydrogens is 797 g/mol. The molecule has 0 aromatic heterocycles. The van der Waals surface area contributed by atoms with Gasteiger partial charge in [-0.2, -0.15) is 0 Å². The Morgan fingerprint density at radius 3 is 1.45 bits per heavy atom. The van der Waals surface area contributed by atoms with Crippen LogP contribution in [0.3, 0.4) is 0 Å². The Balaban J connectivity index is 1.18. The van der Waals surface area contributed by atoms with Gasteiger partial charge >= 0.3 is 0 Å². The molecule has 0 N–H and O–H groups in total. The van der Waals surface area contributed by atoms with Gasteiger partial charge < -0.3 is 33.2 Å². The molecule has 2 aliphatic heterocycles. The van der Waals surface area contributed by atoms with Crippen molar-refractivity contribution in [3.8, 4) is 0 Å². The fraction of sp³-hybridized carbons (Fsp3) is 0.544. The number of hydrogen-bond donors (Lipinski definition) is 0. The topological polar surface area (TPSA) is 64.6 Å². The molecule has 0 saturated carbocycles. The minimum atomic E-state index is -0.641. The zero-order chi connectivity index (χ0) is 44.7. The van der Waals surface area contributed by atoms with E-state index in [0.717, 1.165) is 35.1 Å². The number of hydrogen-bond acceptors (Lipinski definition) is 7. The summed E-state index contributed by atoms with van der Waals surface area (Å²) in [7, 11) is 0. The minimum absolute atomic E-state index is 0.0204. The largest absolute Gasteiger partial charge is 0.374 e. The molecule has 0 amide bonds. The lowest BCUT2D eigenvalue weighted by Gasteiger charge is -2.45. The molecule has 7 heteroatoms. The Kier molecular flexibility index (Phi) is 21.6. The van der Waals surface area contributed by atoms with E-state index in [-0.39, 0.29) is 18.1 Å². The summed E-state index contributed by atoms with van der Waals surface area (Å²) < 4.78 is 47.6. The molecule has 0 aliphatic carbocycles. The molecule has 3 unspecified atom stereocenters. The van der Waals surface area contributed by atoms with Crippen molar-refractivity contribution in [2.45, 2.75) is 186 Å². The first kappa shape index (κ1) is 49.8. The molecule has 0 bridgehead atoms. The molecule has 4 aromatic rings. The highest BCUT2D eigenvalue weighted by Gasteiger charge is 2.48. The fourth-order valence-electron chi connectivity index (χ4n) is 9.09. The van der Waals surface area contributed by atoms with Gasteiger partial charge in [-0.3, -0.25) is 0 Å². The molecule has 6 rings (SSSR count). The third kappa shape index (κ3) is 17.0. The number of benzene rings is 4. The molecule has 64 heavy (non-hydrogen) atoms. The lowest BCUT2D eigenvalue weighted by molar-refractivity contribution is -0.263. The van der Waals surface area contributed by atoms with Crippen molar-refractivity contribution >= 4 is 0 Å². The molecular formula is C57H78O7. The van der Waals surface area contributed by atoms with Gasteiger partial charge in [-0.05, 0) is 42.5 Å². The van der Waals surface area contributed by atoms with E-state index in [2.05, 4.69) is 74.5 Å².